The van der Waals surface area contributed by atoms with Crippen LogP contribution in [0.4, 0.5) is 0 Å². The Morgan fingerprint density at radius 1 is 1.21 bits per heavy atom. The number of halogens is 1. The van der Waals surface area contributed by atoms with E-state index in [2.05, 4.69) is 51.2 Å². The first-order valence-electron chi connectivity index (χ1n) is 8.72. The Bertz CT molecular complexity index is 576. The number of ether oxygens (including phenoxy) is 1. The molecular formula is C19H25BrN2O2. The zero-order valence-corrected chi connectivity index (χ0v) is 15.6. The summed E-state index contributed by atoms with van der Waals surface area (Å²) in [6.45, 7) is 5.52. The molecule has 1 aromatic carbocycles. The number of hydrogen-bond acceptors (Lipinski definition) is 3. The van der Waals surface area contributed by atoms with E-state index in [0.717, 1.165) is 56.7 Å². The highest BCUT2D eigenvalue weighted by Gasteiger charge is 2.23. The predicted molar refractivity (Wildman–Crippen MR) is 99.7 cm³/mol. The number of nitrogens with zero attached hydrogens (tertiary/aromatic N) is 2. The molecule has 3 rings (SSSR count). The van der Waals surface area contributed by atoms with Crippen LogP contribution in [0, 0.1) is 5.92 Å². The second kappa shape index (κ2) is 8.79. The number of allylic oxidation sites excluding steroid dienone is 1. The Kier molecular flexibility index (Phi) is 6.46. The van der Waals surface area contributed by atoms with Gasteiger partial charge in [-0.1, -0.05) is 40.2 Å². The third kappa shape index (κ3) is 5.16. The fourth-order valence-electron chi connectivity index (χ4n) is 3.25. The zero-order chi connectivity index (χ0) is 16.8. The molecule has 2 aliphatic rings. The Morgan fingerprint density at radius 3 is 2.67 bits per heavy atom. The van der Waals surface area contributed by atoms with Crippen LogP contribution in [0.25, 0.3) is 6.08 Å². The molecule has 2 aliphatic heterocycles. The van der Waals surface area contributed by atoms with Gasteiger partial charge in [0.25, 0.3) is 0 Å². The van der Waals surface area contributed by atoms with E-state index in [1.165, 1.54) is 5.56 Å². The van der Waals surface area contributed by atoms with Gasteiger partial charge in [0, 0.05) is 30.7 Å². The number of rotatable bonds is 4. The Labute approximate surface area is 152 Å². The van der Waals surface area contributed by atoms with E-state index in [9.17, 15) is 4.79 Å². The van der Waals surface area contributed by atoms with E-state index in [0.29, 0.717) is 12.5 Å². The molecule has 0 spiro atoms. The van der Waals surface area contributed by atoms with E-state index >= 15 is 0 Å². The van der Waals surface area contributed by atoms with E-state index in [4.69, 9.17) is 4.74 Å². The van der Waals surface area contributed by atoms with Gasteiger partial charge >= 0.3 is 0 Å². The van der Waals surface area contributed by atoms with Crippen LogP contribution in [0.15, 0.2) is 34.8 Å². The molecule has 0 aromatic heterocycles. The van der Waals surface area contributed by atoms with Gasteiger partial charge < -0.3 is 9.64 Å². The summed E-state index contributed by atoms with van der Waals surface area (Å²) in [4.78, 5) is 16.6. The molecule has 0 bridgehead atoms. The lowest BCUT2D eigenvalue weighted by Gasteiger charge is -2.33. The third-order valence-corrected chi connectivity index (χ3v) is 5.26. The van der Waals surface area contributed by atoms with Crippen molar-refractivity contribution in [3.63, 3.8) is 0 Å². The molecule has 0 saturated carbocycles. The second-order valence-corrected chi connectivity index (χ2v) is 7.44. The largest absolute Gasteiger partial charge is 0.379 e. The summed E-state index contributed by atoms with van der Waals surface area (Å²) in [5, 5.41) is 0. The summed E-state index contributed by atoms with van der Waals surface area (Å²) in [6.07, 6.45) is 6.60. The van der Waals surface area contributed by atoms with Gasteiger partial charge in [0.15, 0.2) is 0 Å². The SMILES string of the molecule is O=C(CN1CCOCC1)N1CCC(C=Cc2cccc(Br)c2)CC1. The molecule has 4 nitrogen and oxygen atoms in total. The molecule has 0 aliphatic carbocycles. The molecule has 2 fully saturated rings. The molecule has 0 unspecified atom stereocenters. The molecule has 0 N–H and O–H groups in total. The number of likely N-dealkylation sites (tertiary alicyclic amines) is 1. The molecular weight excluding hydrogens is 368 g/mol. The molecule has 1 amide bonds. The summed E-state index contributed by atoms with van der Waals surface area (Å²) < 4.78 is 6.44. The molecule has 2 saturated heterocycles. The monoisotopic (exact) mass is 392 g/mol. The average molecular weight is 393 g/mol. The molecule has 0 atom stereocenters. The van der Waals surface area contributed by atoms with E-state index < -0.39 is 0 Å². The molecule has 2 heterocycles. The average Bonchev–Trinajstić information content (AvgIpc) is 2.61. The van der Waals surface area contributed by atoms with E-state index in [1.54, 1.807) is 0 Å². The van der Waals surface area contributed by atoms with Gasteiger partial charge in [0.2, 0.25) is 5.91 Å². The van der Waals surface area contributed by atoms with Crippen molar-refractivity contribution in [2.45, 2.75) is 12.8 Å². The second-order valence-electron chi connectivity index (χ2n) is 6.52. The van der Waals surface area contributed by atoms with E-state index in [1.807, 2.05) is 11.0 Å². The van der Waals surface area contributed by atoms with Crippen molar-refractivity contribution in [3.05, 3.63) is 40.4 Å². The summed E-state index contributed by atoms with van der Waals surface area (Å²) in [6, 6.07) is 8.33. The van der Waals surface area contributed by atoms with Gasteiger partial charge in [-0.2, -0.15) is 0 Å². The minimum atomic E-state index is 0.270. The minimum Gasteiger partial charge on any atom is -0.379 e. The molecule has 5 heteroatoms. The van der Waals surface area contributed by atoms with Crippen molar-refractivity contribution >= 4 is 27.9 Å². The van der Waals surface area contributed by atoms with Gasteiger partial charge in [-0.25, -0.2) is 0 Å². The van der Waals surface area contributed by atoms with Crippen LogP contribution >= 0.6 is 15.9 Å². The fourth-order valence-corrected chi connectivity index (χ4v) is 3.67. The molecule has 1 aromatic rings. The van der Waals surface area contributed by atoms with Gasteiger partial charge in [-0.15, -0.1) is 0 Å². The highest BCUT2D eigenvalue weighted by molar-refractivity contribution is 9.10. The lowest BCUT2D eigenvalue weighted by molar-refractivity contribution is -0.134. The van der Waals surface area contributed by atoms with Crippen molar-refractivity contribution in [2.24, 2.45) is 5.92 Å². The maximum Gasteiger partial charge on any atom is 0.236 e. The number of carbonyl (C=O) groups is 1. The van der Waals surface area contributed by atoms with Crippen LogP contribution in [-0.2, 0) is 9.53 Å². The lowest BCUT2D eigenvalue weighted by atomic mass is 9.95. The Hall–Kier alpha value is -1.17. The maximum absolute atomic E-state index is 12.4. The number of amides is 1. The molecule has 24 heavy (non-hydrogen) atoms. The quantitative estimate of drug-likeness (QED) is 0.789. The maximum atomic E-state index is 12.4. The van der Waals surface area contributed by atoms with Crippen molar-refractivity contribution in [2.75, 3.05) is 45.9 Å². The summed E-state index contributed by atoms with van der Waals surface area (Å²) in [5.41, 5.74) is 1.22. The van der Waals surface area contributed by atoms with Crippen molar-refractivity contribution in [3.8, 4) is 0 Å². The summed E-state index contributed by atoms with van der Waals surface area (Å²) in [5.74, 6) is 0.836. The van der Waals surface area contributed by atoms with Crippen molar-refractivity contribution < 1.29 is 9.53 Å². The van der Waals surface area contributed by atoms with Gasteiger partial charge in [0.05, 0.1) is 19.8 Å². The Morgan fingerprint density at radius 2 is 1.96 bits per heavy atom. The minimum absolute atomic E-state index is 0.270. The van der Waals surface area contributed by atoms with Gasteiger partial charge in [-0.3, -0.25) is 9.69 Å². The fraction of sp³-hybridized carbons (Fsp3) is 0.526. The van der Waals surface area contributed by atoms with Crippen LogP contribution < -0.4 is 0 Å². The van der Waals surface area contributed by atoms with Crippen molar-refractivity contribution in [1.82, 2.24) is 9.80 Å². The smallest absolute Gasteiger partial charge is 0.236 e. The first-order chi connectivity index (χ1) is 11.7. The number of piperidine rings is 1. The normalized spacial score (nSPS) is 20.6. The summed E-state index contributed by atoms with van der Waals surface area (Å²) in [7, 11) is 0. The van der Waals surface area contributed by atoms with Crippen LogP contribution in [0.5, 0.6) is 0 Å². The topological polar surface area (TPSA) is 32.8 Å². The van der Waals surface area contributed by atoms with Crippen LogP contribution in [0.3, 0.4) is 0 Å². The van der Waals surface area contributed by atoms with Gasteiger partial charge in [-0.05, 0) is 36.5 Å². The highest BCUT2D eigenvalue weighted by Crippen LogP contribution is 2.21. The standard InChI is InChI=1S/C19H25BrN2O2/c20-18-3-1-2-17(14-18)5-4-16-6-8-22(9-7-16)19(23)15-21-10-12-24-13-11-21/h1-5,14,16H,6-13,15H2. The van der Waals surface area contributed by atoms with E-state index in [-0.39, 0.29) is 5.91 Å². The number of hydrogen-bond donors (Lipinski definition) is 0. The first kappa shape index (κ1) is 17.6. The first-order valence-corrected chi connectivity index (χ1v) is 9.51. The molecule has 130 valence electrons. The number of carbonyl (C=O) groups excluding carboxylic acids is 1. The summed E-state index contributed by atoms with van der Waals surface area (Å²) >= 11 is 3.50. The predicted octanol–water partition coefficient (Wildman–Crippen LogP) is 3.03. The zero-order valence-electron chi connectivity index (χ0n) is 14.0. The van der Waals surface area contributed by atoms with Crippen LogP contribution in [-0.4, -0.2) is 61.6 Å². The lowest BCUT2D eigenvalue weighted by Crippen LogP contribution is -2.46. The van der Waals surface area contributed by atoms with Crippen LogP contribution in [0.2, 0.25) is 0 Å². The number of benzene rings is 1. The number of morpholine rings is 1. The van der Waals surface area contributed by atoms with Gasteiger partial charge in [0.1, 0.15) is 0 Å². The Balaban J connectivity index is 1.44. The van der Waals surface area contributed by atoms with Crippen LogP contribution in [0.1, 0.15) is 18.4 Å². The molecule has 0 radical (unpaired) electrons. The highest BCUT2D eigenvalue weighted by atomic mass is 79.9. The van der Waals surface area contributed by atoms with Crippen molar-refractivity contribution in [1.29, 1.82) is 0 Å². The third-order valence-electron chi connectivity index (χ3n) is 4.76.